The summed E-state index contributed by atoms with van der Waals surface area (Å²) in [5, 5.41) is 0.759. The summed E-state index contributed by atoms with van der Waals surface area (Å²) in [7, 11) is 0. The lowest BCUT2D eigenvalue weighted by Gasteiger charge is -2.27. The summed E-state index contributed by atoms with van der Waals surface area (Å²) in [5.74, 6) is 0.525. The molecule has 1 fully saturated rings. The van der Waals surface area contributed by atoms with E-state index in [0.717, 1.165) is 36.6 Å². The molecule has 1 heterocycles. The molecule has 0 aliphatic carbocycles. The Bertz CT molecular complexity index is 323. The van der Waals surface area contributed by atoms with Gasteiger partial charge in [0, 0.05) is 24.3 Å². The maximum Gasteiger partial charge on any atom is 0.0469 e. The van der Waals surface area contributed by atoms with Gasteiger partial charge in [-0.05, 0) is 36.5 Å². The van der Waals surface area contributed by atoms with E-state index >= 15 is 0 Å². The van der Waals surface area contributed by atoms with Crippen LogP contribution in [0.1, 0.15) is 24.4 Å². The Labute approximate surface area is 95.4 Å². The maximum atomic E-state index is 6.22. The molecule has 1 atom stereocenters. The standard InChI is InChI=1S/C12H16ClNO/c13-11-3-1-2-10(8-11)12(14)9-4-6-15-7-5-9/h1-3,8-9,12H,4-7,14H2/t12-/m0/s1. The molecule has 82 valence electrons. The molecule has 1 aliphatic rings. The third-order valence-electron chi connectivity index (χ3n) is 3.01. The highest BCUT2D eigenvalue weighted by molar-refractivity contribution is 6.30. The van der Waals surface area contributed by atoms with Gasteiger partial charge in [-0.3, -0.25) is 0 Å². The van der Waals surface area contributed by atoms with Crippen molar-refractivity contribution in [2.45, 2.75) is 18.9 Å². The molecule has 2 nitrogen and oxygen atoms in total. The molecule has 0 unspecified atom stereocenters. The molecule has 3 heteroatoms. The minimum atomic E-state index is 0.0904. The Balaban J connectivity index is 2.08. The van der Waals surface area contributed by atoms with E-state index in [1.54, 1.807) is 0 Å². The molecule has 2 N–H and O–H groups in total. The summed E-state index contributed by atoms with van der Waals surface area (Å²) in [5.41, 5.74) is 7.36. The molecule has 0 spiro atoms. The number of halogens is 1. The number of benzene rings is 1. The van der Waals surface area contributed by atoms with Crippen molar-refractivity contribution in [1.29, 1.82) is 0 Å². The normalized spacial score (nSPS) is 20.1. The SMILES string of the molecule is N[C@H](c1cccc(Cl)c1)C1CCOCC1. The van der Waals surface area contributed by atoms with Crippen molar-refractivity contribution in [3.8, 4) is 0 Å². The molecule has 15 heavy (non-hydrogen) atoms. The molecule has 0 amide bonds. The lowest BCUT2D eigenvalue weighted by Crippen LogP contribution is -2.27. The van der Waals surface area contributed by atoms with Crippen LogP contribution in [0.3, 0.4) is 0 Å². The average molecular weight is 226 g/mol. The maximum absolute atomic E-state index is 6.22. The number of hydrogen-bond acceptors (Lipinski definition) is 2. The van der Waals surface area contributed by atoms with Crippen LogP contribution in [0, 0.1) is 5.92 Å². The van der Waals surface area contributed by atoms with Crippen molar-refractivity contribution in [3.63, 3.8) is 0 Å². The van der Waals surface area contributed by atoms with Crippen LogP contribution in [0.15, 0.2) is 24.3 Å². The number of rotatable bonds is 2. The van der Waals surface area contributed by atoms with E-state index in [1.807, 2.05) is 24.3 Å². The minimum Gasteiger partial charge on any atom is -0.381 e. The summed E-state index contributed by atoms with van der Waals surface area (Å²) in [6, 6.07) is 7.93. The van der Waals surface area contributed by atoms with E-state index in [4.69, 9.17) is 22.1 Å². The zero-order valence-corrected chi connectivity index (χ0v) is 9.41. The Kier molecular flexibility index (Phi) is 3.62. The van der Waals surface area contributed by atoms with Gasteiger partial charge in [-0.1, -0.05) is 23.7 Å². The van der Waals surface area contributed by atoms with E-state index < -0.39 is 0 Å². The van der Waals surface area contributed by atoms with Crippen LogP contribution < -0.4 is 5.73 Å². The van der Waals surface area contributed by atoms with Crippen LogP contribution in [0.5, 0.6) is 0 Å². The number of hydrogen-bond donors (Lipinski definition) is 1. The van der Waals surface area contributed by atoms with Crippen molar-refractivity contribution >= 4 is 11.6 Å². The Morgan fingerprint density at radius 3 is 2.73 bits per heavy atom. The summed E-state index contributed by atoms with van der Waals surface area (Å²) in [6.07, 6.45) is 2.10. The van der Waals surface area contributed by atoms with Gasteiger partial charge in [0.2, 0.25) is 0 Å². The fourth-order valence-electron chi connectivity index (χ4n) is 2.06. The van der Waals surface area contributed by atoms with Crippen molar-refractivity contribution in [2.75, 3.05) is 13.2 Å². The molecule has 0 radical (unpaired) electrons. The van der Waals surface area contributed by atoms with Crippen LogP contribution in [0.25, 0.3) is 0 Å². The Hall–Kier alpha value is -0.570. The number of ether oxygens (including phenoxy) is 1. The minimum absolute atomic E-state index is 0.0904. The molecule has 1 aromatic carbocycles. The van der Waals surface area contributed by atoms with E-state index in [1.165, 1.54) is 0 Å². The first-order chi connectivity index (χ1) is 7.27. The molecule has 1 aromatic rings. The third kappa shape index (κ3) is 2.71. The van der Waals surface area contributed by atoms with Gasteiger partial charge in [-0.25, -0.2) is 0 Å². The molecule has 0 aromatic heterocycles. The van der Waals surface area contributed by atoms with Crippen molar-refractivity contribution in [3.05, 3.63) is 34.9 Å². The lowest BCUT2D eigenvalue weighted by atomic mass is 9.88. The molecule has 1 aliphatic heterocycles. The van der Waals surface area contributed by atoms with Gasteiger partial charge in [-0.15, -0.1) is 0 Å². The topological polar surface area (TPSA) is 35.2 Å². The van der Waals surface area contributed by atoms with E-state index in [2.05, 4.69) is 0 Å². The molecule has 0 saturated carbocycles. The first kappa shape index (κ1) is 10.9. The van der Waals surface area contributed by atoms with Gasteiger partial charge in [0.1, 0.15) is 0 Å². The van der Waals surface area contributed by atoms with Crippen molar-refractivity contribution in [2.24, 2.45) is 11.7 Å². The van der Waals surface area contributed by atoms with Gasteiger partial charge in [0.25, 0.3) is 0 Å². The van der Waals surface area contributed by atoms with Crippen molar-refractivity contribution < 1.29 is 4.74 Å². The highest BCUT2D eigenvalue weighted by Crippen LogP contribution is 2.28. The second-order valence-corrected chi connectivity index (χ2v) is 4.47. The lowest BCUT2D eigenvalue weighted by molar-refractivity contribution is 0.0584. The van der Waals surface area contributed by atoms with Crippen LogP contribution in [0.2, 0.25) is 5.02 Å². The van der Waals surface area contributed by atoms with Gasteiger partial charge in [-0.2, -0.15) is 0 Å². The molecular formula is C12H16ClNO. The van der Waals surface area contributed by atoms with Gasteiger partial charge < -0.3 is 10.5 Å². The average Bonchev–Trinajstić information content (AvgIpc) is 2.29. The van der Waals surface area contributed by atoms with Gasteiger partial charge in [0.05, 0.1) is 0 Å². The summed E-state index contributed by atoms with van der Waals surface area (Å²) in [6.45, 7) is 1.66. The molecule has 2 rings (SSSR count). The predicted molar refractivity (Wildman–Crippen MR) is 61.9 cm³/mol. The van der Waals surface area contributed by atoms with Gasteiger partial charge in [0.15, 0.2) is 0 Å². The van der Waals surface area contributed by atoms with Crippen LogP contribution >= 0.6 is 11.6 Å². The second-order valence-electron chi connectivity index (χ2n) is 4.03. The smallest absolute Gasteiger partial charge is 0.0469 e. The Morgan fingerprint density at radius 2 is 2.07 bits per heavy atom. The second kappa shape index (κ2) is 4.97. The molecule has 0 bridgehead atoms. The zero-order chi connectivity index (χ0) is 10.7. The van der Waals surface area contributed by atoms with Crippen LogP contribution in [-0.4, -0.2) is 13.2 Å². The van der Waals surface area contributed by atoms with E-state index in [9.17, 15) is 0 Å². The first-order valence-corrected chi connectivity index (χ1v) is 5.74. The first-order valence-electron chi connectivity index (χ1n) is 5.36. The third-order valence-corrected chi connectivity index (χ3v) is 3.24. The highest BCUT2D eigenvalue weighted by Gasteiger charge is 2.22. The highest BCUT2D eigenvalue weighted by atomic mass is 35.5. The van der Waals surface area contributed by atoms with E-state index in [0.29, 0.717) is 5.92 Å². The monoisotopic (exact) mass is 225 g/mol. The summed E-state index contributed by atoms with van der Waals surface area (Å²) >= 11 is 5.95. The van der Waals surface area contributed by atoms with Crippen molar-refractivity contribution in [1.82, 2.24) is 0 Å². The summed E-state index contributed by atoms with van der Waals surface area (Å²) in [4.78, 5) is 0. The number of nitrogens with two attached hydrogens (primary N) is 1. The van der Waals surface area contributed by atoms with Crippen LogP contribution in [0.4, 0.5) is 0 Å². The summed E-state index contributed by atoms with van der Waals surface area (Å²) < 4.78 is 5.33. The molecular weight excluding hydrogens is 210 g/mol. The fourth-order valence-corrected chi connectivity index (χ4v) is 2.26. The van der Waals surface area contributed by atoms with E-state index in [-0.39, 0.29) is 6.04 Å². The predicted octanol–water partition coefficient (Wildman–Crippen LogP) is 2.77. The molecule has 1 saturated heterocycles. The van der Waals surface area contributed by atoms with Crippen LogP contribution in [-0.2, 0) is 4.74 Å². The fraction of sp³-hybridized carbons (Fsp3) is 0.500. The quantitative estimate of drug-likeness (QED) is 0.840. The Morgan fingerprint density at radius 1 is 1.33 bits per heavy atom. The van der Waals surface area contributed by atoms with Gasteiger partial charge >= 0.3 is 0 Å². The zero-order valence-electron chi connectivity index (χ0n) is 8.66. The largest absolute Gasteiger partial charge is 0.381 e.